The second-order valence-corrected chi connectivity index (χ2v) is 7.37. The molecule has 2 atom stereocenters. The third kappa shape index (κ3) is 1.62. The number of hydrogen-bond acceptors (Lipinski definition) is 2. The van der Waals surface area contributed by atoms with Crippen LogP contribution < -0.4 is 5.32 Å². The van der Waals surface area contributed by atoms with Gasteiger partial charge in [-0.05, 0) is 32.6 Å². The van der Waals surface area contributed by atoms with Crippen LogP contribution in [0.4, 0.5) is 0 Å². The predicted molar refractivity (Wildman–Crippen MR) is 65.1 cm³/mol. The van der Waals surface area contributed by atoms with E-state index in [0.717, 1.165) is 6.04 Å². The lowest BCUT2D eigenvalue weighted by Crippen LogP contribution is -2.61. The smallest absolute Gasteiger partial charge is 0.0373 e. The van der Waals surface area contributed by atoms with Crippen molar-refractivity contribution in [1.82, 2.24) is 10.2 Å². The van der Waals surface area contributed by atoms with Gasteiger partial charge in [-0.15, -0.1) is 0 Å². The fraction of sp³-hybridized carbons (Fsp3) is 1.00. The van der Waals surface area contributed by atoms with Gasteiger partial charge in [0.25, 0.3) is 0 Å². The molecular weight excluding hydrogens is 184 g/mol. The highest BCUT2D eigenvalue weighted by atomic mass is 15.3. The Balaban J connectivity index is 2.23. The Bertz CT molecular complexity index is 259. The first-order chi connectivity index (χ1) is 6.66. The summed E-state index contributed by atoms with van der Waals surface area (Å²) in [7, 11) is 0. The van der Waals surface area contributed by atoms with Crippen molar-refractivity contribution >= 4 is 0 Å². The van der Waals surface area contributed by atoms with Gasteiger partial charge < -0.3 is 5.32 Å². The van der Waals surface area contributed by atoms with Crippen LogP contribution in [0.15, 0.2) is 0 Å². The van der Waals surface area contributed by atoms with Crippen LogP contribution in [0, 0.1) is 5.41 Å². The Morgan fingerprint density at radius 1 is 1.13 bits per heavy atom. The third-order valence-corrected chi connectivity index (χ3v) is 4.44. The van der Waals surface area contributed by atoms with Crippen molar-refractivity contribution in [3.8, 4) is 0 Å². The molecule has 2 saturated heterocycles. The lowest BCUT2D eigenvalue weighted by atomic mass is 9.73. The van der Waals surface area contributed by atoms with Crippen molar-refractivity contribution in [2.24, 2.45) is 5.41 Å². The molecule has 2 rings (SSSR count). The van der Waals surface area contributed by atoms with Crippen LogP contribution in [0.3, 0.4) is 0 Å². The highest BCUT2D eigenvalue weighted by molar-refractivity contribution is 5.15. The van der Waals surface area contributed by atoms with E-state index in [-0.39, 0.29) is 0 Å². The summed E-state index contributed by atoms with van der Waals surface area (Å²) in [5, 5.41) is 3.77. The predicted octanol–water partition coefficient (Wildman–Crippen LogP) is 2.25. The number of hydrogen-bond donors (Lipinski definition) is 1. The van der Waals surface area contributed by atoms with Gasteiger partial charge in [0.05, 0.1) is 0 Å². The van der Waals surface area contributed by atoms with Gasteiger partial charge in [-0.3, -0.25) is 4.90 Å². The number of nitrogens with zero attached hydrogens (tertiary/aromatic N) is 1. The van der Waals surface area contributed by atoms with Crippen LogP contribution in [0.5, 0.6) is 0 Å². The van der Waals surface area contributed by atoms with E-state index in [1.807, 2.05) is 0 Å². The van der Waals surface area contributed by atoms with Crippen molar-refractivity contribution in [1.29, 1.82) is 0 Å². The Hall–Kier alpha value is -0.0800. The minimum atomic E-state index is 0.319. The van der Waals surface area contributed by atoms with Crippen molar-refractivity contribution in [3.05, 3.63) is 0 Å². The first kappa shape index (κ1) is 11.4. The van der Waals surface area contributed by atoms with Gasteiger partial charge in [-0.2, -0.15) is 0 Å². The molecule has 2 heterocycles. The van der Waals surface area contributed by atoms with Gasteiger partial charge in [0.2, 0.25) is 0 Å². The molecular formula is C13H26N2. The Morgan fingerprint density at radius 3 is 2.07 bits per heavy atom. The number of likely N-dealkylation sites (tertiary alicyclic amines) is 1. The average Bonchev–Trinajstić information content (AvgIpc) is 2.57. The van der Waals surface area contributed by atoms with Crippen molar-refractivity contribution in [2.45, 2.75) is 65.1 Å². The van der Waals surface area contributed by atoms with E-state index in [2.05, 4.69) is 51.8 Å². The fourth-order valence-corrected chi connectivity index (χ4v) is 3.21. The molecule has 0 aromatic heterocycles. The molecule has 1 N–H and O–H groups in total. The van der Waals surface area contributed by atoms with Crippen LogP contribution in [-0.4, -0.2) is 35.1 Å². The number of fused-ring (bicyclic) bond motifs is 2. The highest BCUT2D eigenvalue weighted by Crippen LogP contribution is 2.46. The molecule has 2 aliphatic heterocycles. The SMILES string of the molecule is CC(C)(C)N1C[C@@]2(C(C)(C)C)C[C@@H]1CN2. The molecule has 15 heavy (non-hydrogen) atoms. The molecule has 2 fully saturated rings. The summed E-state index contributed by atoms with van der Waals surface area (Å²) in [6.45, 7) is 16.5. The second kappa shape index (κ2) is 2.98. The zero-order valence-corrected chi connectivity index (χ0v) is 11.1. The molecule has 0 aromatic carbocycles. The summed E-state index contributed by atoms with van der Waals surface area (Å²) in [5.74, 6) is 0. The van der Waals surface area contributed by atoms with Gasteiger partial charge in [0.15, 0.2) is 0 Å². The van der Waals surface area contributed by atoms with Crippen LogP contribution in [-0.2, 0) is 0 Å². The second-order valence-electron chi connectivity index (χ2n) is 7.37. The molecule has 0 saturated carbocycles. The molecule has 0 unspecified atom stereocenters. The van der Waals surface area contributed by atoms with E-state index in [1.54, 1.807) is 0 Å². The largest absolute Gasteiger partial charge is 0.308 e. The first-order valence-electron chi connectivity index (χ1n) is 6.18. The summed E-state index contributed by atoms with van der Waals surface area (Å²) in [4.78, 5) is 2.69. The topological polar surface area (TPSA) is 15.3 Å². The summed E-state index contributed by atoms with van der Waals surface area (Å²) in [5.41, 5.74) is 1.03. The minimum absolute atomic E-state index is 0.319. The molecule has 0 radical (unpaired) electrons. The number of piperazine rings is 1. The van der Waals surface area contributed by atoms with Gasteiger partial charge in [0.1, 0.15) is 0 Å². The fourth-order valence-electron chi connectivity index (χ4n) is 3.21. The standard InChI is InChI=1S/C13H26N2/c1-11(2,3)13-7-10(8-14-13)15(9-13)12(4,5)6/h10,14H,7-9H2,1-6H3/t10-,13-/m1/s1. The highest BCUT2D eigenvalue weighted by Gasteiger charge is 2.56. The van der Waals surface area contributed by atoms with Crippen molar-refractivity contribution in [3.63, 3.8) is 0 Å². The molecule has 0 amide bonds. The maximum Gasteiger partial charge on any atom is 0.0373 e. The molecule has 0 spiro atoms. The molecule has 2 bridgehead atoms. The molecule has 2 heteroatoms. The van der Waals surface area contributed by atoms with Crippen LogP contribution >= 0.6 is 0 Å². The lowest BCUT2D eigenvalue weighted by molar-refractivity contribution is 0.0610. The summed E-state index contributed by atoms with van der Waals surface area (Å²) < 4.78 is 0. The maximum atomic E-state index is 3.77. The molecule has 88 valence electrons. The quantitative estimate of drug-likeness (QED) is 0.660. The van der Waals surface area contributed by atoms with E-state index in [4.69, 9.17) is 0 Å². The van der Waals surface area contributed by atoms with Gasteiger partial charge in [0, 0.05) is 30.2 Å². The summed E-state index contributed by atoms with van der Waals surface area (Å²) in [6, 6.07) is 0.754. The summed E-state index contributed by atoms with van der Waals surface area (Å²) in [6.07, 6.45) is 1.33. The first-order valence-corrected chi connectivity index (χ1v) is 6.18. The van der Waals surface area contributed by atoms with Crippen LogP contribution in [0.2, 0.25) is 0 Å². The zero-order valence-electron chi connectivity index (χ0n) is 11.1. The maximum absolute atomic E-state index is 3.77. The normalized spacial score (nSPS) is 37.6. The van der Waals surface area contributed by atoms with E-state index in [9.17, 15) is 0 Å². The molecule has 2 aliphatic rings. The minimum Gasteiger partial charge on any atom is -0.308 e. The third-order valence-electron chi connectivity index (χ3n) is 4.44. The Morgan fingerprint density at radius 2 is 1.73 bits per heavy atom. The Kier molecular flexibility index (Phi) is 2.27. The van der Waals surface area contributed by atoms with Crippen molar-refractivity contribution in [2.75, 3.05) is 13.1 Å². The van der Waals surface area contributed by atoms with Crippen LogP contribution in [0.25, 0.3) is 0 Å². The van der Waals surface area contributed by atoms with Gasteiger partial charge in [-0.25, -0.2) is 0 Å². The lowest BCUT2D eigenvalue weighted by Gasteiger charge is -2.46. The van der Waals surface area contributed by atoms with E-state index >= 15 is 0 Å². The van der Waals surface area contributed by atoms with Gasteiger partial charge in [-0.1, -0.05) is 20.8 Å². The monoisotopic (exact) mass is 210 g/mol. The zero-order chi connectivity index (χ0) is 11.5. The molecule has 0 aromatic rings. The number of rotatable bonds is 0. The molecule has 0 aliphatic carbocycles. The van der Waals surface area contributed by atoms with Gasteiger partial charge >= 0.3 is 0 Å². The Labute approximate surface area is 94.4 Å². The van der Waals surface area contributed by atoms with E-state index in [0.29, 0.717) is 16.5 Å². The van der Waals surface area contributed by atoms with Crippen molar-refractivity contribution < 1.29 is 0 Å². The number of nitrogens with one attached hydrogen (secondary N) is 1. The summed E-state index contributed by atoms with van der Waals surface area (Å²) >= 11 is 0. The van der Waals surface area contributed by atoms with E-state index in [1.165, 1.54) is 19.5 Å². The van der Waals surface area contributed by atoms with E-state index < -0.39 is 0 Å². The molecule has 2 nitrogen and oxygen atoms in total. The average molecular weight is 210 g/mol. The van der Waals surface area contributed by atoms with Crippen LogP contribution in [0.1, 0.15) is 48.0 Å².